The Bertz CT molecular complexity index is 560. The van der Waals surface area contributed by atoms with Gasteiger partial charge in [0.15, 0.2) is 0 Å². The van der Waals surface area contributed by atoms with Gasteiger partial charge in [0.1, 0.15) is 0 Å². The Morgan fingerprint density at radius 3 is 2.21 bits per heavy atom. The van der Waals surface area contributed by atoms with Gasteiger partial charge >= 0.3 is 59.1 Å². The summed E-state index contributed by atoms with van der Waals surface area (Å²) >= 11 is 0. The summed E-state index contributed by atoms with van der Waals surface area (Å²) in [5.74, 6) is 0. The van der Waals surface area contributed by atoms with Crippen LogP contribution in [0.25, 0.3) is 11.1 Å². The Morgan fingerprint density at radius 2 is 1.63 bits per heavy atom. The van der Waals surface area contributed by atoms with Gasteiger partial charge < -0.3 is 14.4 Å². The Hall–Kier alpha value is 0.520. The van der Waals surface area contributed by atoms with Gasteiger partial charge in [-0.25, -0.2) is 0 Å². The zero-order chi connectivity index (χ0) is 12.3. The molecule has 2 aromatic rings. The first-order valence-corrected chi connectivity index (χ1v) is 6.79. The molecule has 1 aromatic carbocycles. The summed E-state index contributed by atoms with van der Waals surface area (Å²) in [5.41, 5.74) is 2.09. The number of nitrogens with zero attached hydrogens (tertiary/aromatic N) is 1. The molecule has 0 aliphatic rings. The van der Waals surface area contributed by atoms with Crippen molar-refractivity contribution in [1.82, 2.24) is 4.98 Å². The van der Waals surface area contributed by atoms with E-state index in [9.17, 15) is 14.4 Å². The normalized spacial score (nSPS) is 10.2. The van der Waals surface area contributed by atoms with Crippen LogP contribution in [0, 0.1) is 0 Å². The minimum Gasteiger partial charge on any atom is -0.810 e. The minimum atomic E-state index is -4.56. The maximum Gasteiger partial charge on any atom is 1.00 e. The molecule has 0 saturated heterocycles. The van der Waals surface area contributed by atoms with E-state index in [1.54, 1.807) is 12.1 Å². The monoisotopic (exact) mass is 293 g/mol. The molecule has 1 aromatic heterocycles. The van der Waals surface area contributed by atoms with Gasteiger partial charge in [-0.15, -0.1) is 0 Å². The van der Waals surface area contributed by atoms with Crippen molar-refractivity contribution in [3.63, 3.8) is 0 Å². The van der Waals surface area contributed by atoms with Crippen molar-refractivity contribution in [3.05, 3.63) is 54.4 Å². The molecule has 0 aliphatic heterocycles. The first kappa shape index (κ1) is 19.5. The Kier molecular flexibility index (Phi) is 8.97. The molecule has 0 aliphatic carbocycles. The Labute approximate surface area is 156 Å². The number of hydrogen-bond donors (Lipinski definition) is 0. The Morgan fingerprint density at radius 1 is 1.00 bits per heavy atom. The fraction of sp³-hybridized carbons (Fsp3) is 0.0833. The summed E-state index contributed by atoms with van der Waals surface area (Å²) in [6.07, 6.45) is 0.959. The van der Waals surface area contributed by atoms with Gasteiger partial charge in [0.25, 0.3) is 0 Å². The second-order valence-electron chi connectivity index (χ2n) is 3.67. The van der Waals surface area contributed by atoms with Crippen LogP contribution >= 0.6 is 7.60 Å². The number of benzene rings is 1. The van der Waals surface area contributed by atoms with Gasteiger partial charge in [0.05, 0.1) is 0 Å². The molecule has 0 N–H and O–H groups in total. The van der Waals surface area contributed by atoms with Crippen molar-refractivity contribution in [2.45, 2.75) is 6.16 Å². The SMILES string of the molecule is O=P([O-])([O-])Cc1cc(-c2ccccc2)ccn1.[Na+].[Na+]. The molecule has 0 spiro atoms. The quantitative estimate of drug-likeness (QED) is 0.420. The maximum absolute atomic E-state index is 10.7. The molecule has 0 radical (unpaired) electrons. The minimum absolute atomic E-state index is 0. The predicted octanol–water partition coefficient (Wildman–Crippen LogP) is -4.83. The van der Waals surface area contributed by atoms with E-state index in [1.165, 1.54) is 6.20 Å². The third-order valence-corrected chi connectivity index (χ3v) is 2.99. The number of pyridine rings is 1. The molecule has 0 atom stereocenters. The molecular weight excluding hydrogens is 283 g/mol. The first-order chi connectivity index (χ1) is 8.04. The summed E-state index contributed by atoms with van der Waals surface area (Å²) in [5, 5.41) is 0. The molecule has 4 nitrogen and oxygen atoms in total. The van der Waals surface area contributed by atoms with E-state index in [2.05, 4.69) is 4.98 Å². The van der Waals surface area contributed by atoms with Crippen LogP contribution in [0.15, 0.2) is 48.7 Å². The number of aromatic nitrogens is 1. The molecule has 2 rings (SSSR count). The van der Waals surface area contributed by atoms with Crippen LogP contribution in [0.1, 0.15) is 5.69 Å². The van der Waals surface area contributed by atoms with Crippen molar-refractivity contribution in [1.29, 1.82) is 0 Å². The third-order valence-electron chi connectivity index (χ3n) is 2.28. The zero-order valence-electron chi connectivity index (χ0n) is 10.9. The van der Waals surface area contributed by atoms with Crippen LogP contribution in [-0.2, 0) is 10.7 Å². The van der Waals surface area contributed by atoms with E-state index >= 15 is 0 Å². The molecule has 19 heavy (non-hydrogen) atoms. The fourth-order valence-corrected chi connectivity index (χ4v) is 2.14. The molecule has 0 amide bonds. The Balaban J connectivity index is 0.00000162. The second-order valence-corrected chi connectivity index (χ2v) is 5.21. The van der Waals surface area contributed by atoms with Crippen LogP contribution in [0.2, 0.25) is 0 Å². The van der Waals surface area contributed by atoms with E-state index in [0.29, 0.717) is 0 Å². The van der Waals surface area contributed by atoms with Crippen molar-refractivity contribution in [3.8, 4) is 11.1 Å². The van der Waals surface area contributed by atoms with Gasteiger partial charge in [0, 0.05) is 18.1 Å². The molecule has 0 fully saturated rings. The van der Waals surface area contributed by atoms with Gasteiger partial charge in [0.2, 0.25) is 0 Å². The van der Waals surface area contributed by atoms with Gasteiger partial charge in [-0.1, -0.05) is 37.9 Å². The van der Waals surface area contributed by atoms with Crippen LogP contribution in [-0.4, -0.2) is 4.98 Å². The van der Waals surface area contributed by atoms with E-state index in [1.807, 2.05) is 30.3 Å². The summed E-state index contributed by atoms with van der Waals surface area (Å²) in [4.78, 5) is 25.2. The molecule has 0 saturated carbocycles. The average molecular weight is 293 g/mol. The third kappa shape index (κ3) is 6.67. The predicted molar refractivity (Wildman–Crippen MR) is 61.0 cm³/mol. The first-order valence-electron chi connectivity index (χ1n) is 5.06. The van der Waals surface area contributed by atoms with Crippen molar-refractivity contribution in [2.75, 3.05) is 0 Å². The molecule has 0 bridgehead atoms. The maximum atomic E-state index is 10.7. The van der Waals surface area contributed by atoms with Crippen molar-refractivity contribution < 1.29 is 73.5 Å². The average Bonchev–Trinajstić information content (AvgIpc) is 2.28. The molecular formula is C12H10NNa2O3P. The molecule has 7 heteroatoms. The number of rotatable bonds is 3. The fourth-order valence-electron chi connectivity index (χ4n) is 1.57. The van der Waals surface area contributed by atoms with E-state index in [4.69, 9.17) is 0 Å². The molecule has 1 heterocycles. The summed E-state index contributed by atoms with van der Waals surface area (Å²) < 4.78 is 10.7. The van der Waals surface area contributed by atoms with E-state index < -0.39 is 13.8 Å². The van der Waals surface area contributed by atoms with Crippen LogP contribution in [0.4, 0.5) is 0 Å². The van der Waals surface area contributed by atoms with Gasteiger partial charge in [-0.05, 0) is 23.3 Å². The van der Waals surface area contributed by atoms with E-state index in [-0.39, 0.29) is 64.8 Å². The smallest absolute Gasteiger partial charge is 0.810 e. The molecule has 0 unspecified atom stereocenters. The summed E-state index contributed by atoms with van der Waals surface area (Å²) in [6.45, 7) is 0. The largest absolute Gasteiger partial charge is 1.00 e. The van der Waals surface area contributed by atoms with Gasteiger partial charge in [-0.2, -0.15) is 0 Å². The summed E-state index contributed by atoms with van der Waals surface area (Å²) in [6, 6.07) is 12.9. The number of hydrogen-bond acceptors (Lipinski definition) is 4. The summed E-state index contributed by atoms with van der Waals surface area (Å²) in [7, 11) is -4.56. The van der Waals surface area contributed by atoms with E-state index in [0.717, 1.165) is 11.1 Å². The van der Waals surface area contributed by atoms with Crippen LogP contribution < -0.4 is 68.9 Å². The van der Waals surface area contributed by atoms with Crippen LogP contribution in [0.3, 0.4) is 0 Å². The van der Waals surface area contributed by atoms with Crippen molar-refractivity contribution >= 4 is 7.60 Å². The van der Waals surface area contributed by atoms with Gasteiger partial charge in [-0.3, -0.25) is 4.98 Å². The topological polar surface area (TPSA) is 76.1 Å². The second kappa shape index (κ2) is 8.73. The zero-order valence-corrected chi connectivity index (χ0v) is 15.8. The molecule has 88 valence electrons. The van der Waals surface area contributed by atoms with Crippen molar-refractivity contribution in [2.24, 2.45) is 0 Å². The van der Waals surface area contributed by atoms with Crippen LogP contribution in [0.5, 0.6) is 0 Å². The standard InChI is InChI=1S/C12H12NO3P.2Na/c14-17(15,16)9-12-8-11(6-7-13-12)10-4-2-1-3-5-10;;/h1-8H,9H2,(H2,14,15,16);;/q;2*+1/p-2.